The number of allylic oxidation sites excluding steroid dienone is 1. The summed E-state index contributed by atoms with van der Waals surface area (Å²) in [5, 5.41) is 0. The fourth-order valence-corrected chi connectivity index (χ4v) is 6.94. The third-order valence-corrected chi connectivity index (χ3v) is 9.75. The minimum atomic E-state index is -0.895. The van der Waals surface area contributed by atoms with Gasteiger partial charge in [0, 0.05) is 8.95 Å². The van der Waals surface area contributed by atoms with E-state index in [2.05, 4.69) is 41.6 Å². The number of rotatable bonds is 13. The molecular weight excluding hydrogens is 796 g/mol. The molecule has 0 saturated carbocycles. The minimum Gasteiger partial charge on any atom is -0.493 e. The van der Waals surface area contributed by atoms with Crippen molar-refractivity contribution in [2.24, 2.45) is 4.99 Å². The molecule has 1 aliphatic heterocycles. The third kappa shape index (κ3) is 8.14. The molecule has 5 rings (SSSR count). The molecule has 3 aromatic carbocycles. The van der Waals surface area contributed by atoms with Crippen LogP contribution in [0.2, 0.25) is 0 Å². The Morgan fingerprint density at radius 2 is 1.66 bits per heavy atom. The first-order valence-electron chi connectivity index (χ1n) is 15.5. The van der Waals surface area contributed by atoms with E-state index >= 15 is 0 Å². The third-order valence-electron chi connectivity index (χ3n) is 7.55. The summed E-state index contributed by atoms with van der Waals surface area (Å²) in [4.78, 5) is 44.5. The highest BCUT2D eigenvalue weighted by molar-refractivity contribution is 9.10. The maximum absolute atomic E-state index is 14.3. The van der Waals surface area contributed by atoms with Gasteiger partial charge in [-0.1, -0.05) is 61.4 Å². The van der Waals surface area contributed by atoms with Crippen LogP contribution in [0.15, 0.2) is 84.6 Å². The van der Waals surface area contributed by atoms with Gasteiger partial charge >= 0.3 is 11.9 Å². The number of thiazole rings is 1. The second-order valence-electron chi connectivity index (χ2n) is 10.7. The zero-order valence-corrected chi connectivity index (χ0v) is 31.9. The van der Waals surface area contributed by atoms with Crippen molar-refractivity contribution < 1.29 is 38.0 Å². The summed E-state index contributed by atoms with van der Waals surface area (Å²) in [5.41, 5.74) is 2.48. The molecule has 2 heterocycles. The number of ether oxygens (including phenoxy) is 6. The summed E-state index contributed by atoms with van der Waals surface area (Å²) in [7, 11) is 2.82. The summed E-state index contributed by atoms with van der Waals surface area (Å²) in [6, 6.07) is 15.5. The lowest BCUT2D eigenvalue weighted by atomic mass is 9.95. The van der Waals surface area contributed by atoms with Crippen LogP contribution < -0.4 is 33.8 Å². The number of benzene rings is 3. The Bertz CT molecular complexity index is 2120. The average Bonchev–Trinajstić information content (AvgIpc) is 3.41. The van der Waals surface area contributed by atoms with Gasteiger partial charge in [-0.2, -0.15) is 0 Å². The van der Waals surface area contributed by atoms with Crippen LogP contribution in [-0.2, 0) is 25.7 Å². The molecule has 0 radical (unpaired) electrons. The van der Waals surface area contributed by atoms with Crippen LogP contribution in [0.1, 0.15) is 43.5 Å². The molecule has 0 fully saturated rings. The van der Waals surface area contributed by atoms with E-state index in [9.17, 15) is 14.4 Å². The largest absolute Gasteiger partial charge is 0.493 e. The zero-order valence-electron chi connectivity index (χ0n) is 27.9. The Labute approximate surface area is 309 Å². The molecule has 0 N–H and O–H groups in total. The standard InChI is InChI=1S/C36H34Br2N2O9S/c1-6-46-28-14-22(10-13-26(28)49-19-31(41)45-5)33-32(35(43)47-7-2)20(3)39-36-40(33)34(42)30(50-36)16-23-15-27(44-4)29(17-25(23)38)48-18-21-8-11-24(37)12-9-21/h8-17,33H,6-7,18-19H2,1-5H3/b30-16-/t33-/m0/s1. The summed E-state index contributed by atoms with van der Waals surface area (Å²) >= 11 is 8.27. The first-order valence-corrected chi connectivity index (χ1v) is 17.9. The fourth-order valence-electron chi connectivity index (χ4n) is 5.20. The number of methoxy groups -OCH3 is 2. The van der Waals surface area contributed by atoms with Crippen molar-refractivity contribution in [3.63, 3.8) is 0 Å². The van der Waals surface area contributed by atoms with Crippen molar-refractivity contribution >= 4 is 61.2 Å². The van der Waals surface area contributed by atoms with Gasteiger partial charge in [-0.05, 0) is 79.9 Å². The number of fused-ring (bicyclic) bond motifs is 1. The van der Waals surface area contributed by atoms with Gasteiger partial charge in [-0.3, -0.25) is 9.36 Å². The Kier molecular flexibility index (Phi) is 12.2. The lowest BCUT2D eigenvalue weighted by molar-refractivity contribution is -0.143. The highest BCUT2D eigenvalue weighted by atomic mass is 79.9. The fraction of sp³-hybridized carbons (Fsp3) is 0.278. The van der Waals surface area contributed by atoms with Gasteiger partial charge in [-0.15, -0.1) is 0 Å². The monoisotopic (exact) mass is 828 g/mol. The topological polar surface area (TPSA) is 124 Å². The van der Waals surface area contributed by atoms with Crippen molar-refractivity contribution in [2.75, 3.05) is 34.0 Å². The van der Waals surface area contributed by atoms with E-state index in [0.717, 1.165) is 10.0 Å². The van der Waals surface area contributed by atoms with E-state index in [0.29, 0.717) is 66.8 Å². The molecule has 4 aromatic rings. The number of carbonyl (C=O) groups excluding carboxylic acids is 2. The predicted molar refractivity (Wildman–Crippen MR) is 195 cm³/mol. The molecule has 1 aliphatic rings. The SMILES string of the molecule is CCOC(=O)C1=C(C)N=c2s/c(=C\c3cc(OC)c(OCc4ccc(Br)cc4)cc3Br)c(=O)n2[C@H]1c1ccc(OCC(=O)OC)c(OCC)c1. The van der Waals surface area contributed by atoms with E-state index < -0.39 is 18.0 Å². The molecule has 1 aromatic heterocycles. The molecular formula is C36H34Br2N2O9S. The van der Waals surface area contributed by atoms with E-state index in [-0.39, 0.29) is 24.3 Å². The molecule has 0 unspecified atom stereocenters. The molecule has 0 amide bonds. The highest BCUT2D eigenvalue weighted by Crippen LogP contribution is 2.37. The van der Waals surface area contributed by atoms with Gasteiger partial charge in [0.2, 0.25) is 0 Å². The summed E-state index contributed by atoms with van der Waals surface area (Å²) in [6.45, 7) is 5.67. The van der Waals surface area contributed by atoms with E-state index in [1.165, 1.54) is 23.0 Å². The molecule has 50 heavy (non-hydrogen) atoms. The Morgan fingerprint density at radius 3 is 2.34 bits per heavy atom. The number of nitrogens with zero attached hydrogens (tertiary/aromatic N) is 2. The number of hydrogen-bond donors (Lipinski definition) is 0. The van der Waals surface area contributed by atoms with Gasteiger partial charge in [0.05, 0.1) is 49.3 Å². The Balaban J connectivity index is 1.58. The van der Waals surface area contributed by atoms with E-state index in [4.69, 9.17) is 23.7 Å². The van der Waals surface area contributed by atoms with Gasteiger partial charge in [0.1, 0.15) is 6.61 Å². The molecule has 11 nitrogen and oxygen atoms in total. The van der Waals surface area contributed by atoms with E-state index in [1.807, 2.05) is 31.2 Å². The Hall–Kier alpha value is -4.40. The minimum absolute atomic E-state index is 0.135. The van der Waals surface area contributed by atoms with Crippen molar-refractivity contribution in [2.45, 2.75) is 33.4 Å². The molecule has 14 heteroatoms. The maximum Gasteiger partial charge on any atom is 0.343 e. The average molecular weight is 831 g/mol. The molecule has 262 valence electrons. The quantitative estimate of drug-likeness (QED) is 0.153. The maximum atomic E-state index is 14.3. The summed E-state index contributed by atoms with van der Waals surface area (Å²) in [6.07, 6.45) is 1.74. The van der Waals surface area contributed by atoms with Crippen LogP contribution in [-0.4, -0.2) is 50.5 Å². The molecule has 1 atom stereocenters. The van der Waals surface area contributed by atoms with Gasteiger partial charge in [0.15, 0.2) is 34.4 Å². The lowest BCUT2D eigenvalue weighted by Crippen LogP contribution is -2.40. The number of hydrogen-bond acceptors (Lipinski definition) is 11. The normalized spacial score (nSPS) is 14.1. The van der Waals surface area contributed by atoms with Crippen molar-refractivity contribution in [1.82, 2.24) is 4.57 Å². The summed E-state index contributed by atoms with van der Waals surface area (Å²) in [5.74, 6) is 0.490. The van der Waals surface area contributed by atoms with Crippen LogP contribution in [0, 0.1) is 0 Å². The first kappa shape index (κ1) is 36.9. The zero-order chi connectivity index (χ0) is 35.9. The number of carbonyl (C=O) groups is 2. The van der Waals surface area contributed by atoms with Gasteiger partial charge in [-0.25, -0.2) is 14.6 Å². The lowest BCUT2D eigenvalue weighted by Gasteiger charge is -2.25. The smallest absolute Gasteiger partial charge is 0.343 e. The number of esters is 2. The van der Waals surface area contributed by atoms with Crippen LogP contribution in [0.25, 0.3) is 6.08 Å². The van der Waals surface area contributed by atoms with Gasteiger partial charge < -0.3 is 28.4 Å². The second kappa shape index (κ2) is 16.5. The van der Waals surface area contributed by atoms with Crippen LogP contribution in [0.4, 0.5) is 0 Å². The van der Waals surface area contributed by atoms with Gasteiger partial charge in [0.25, 0.3) is 5.56 Å². The first-order chi connectivity index (χ1) is 24.1. The molecule has 0 aliphatic carbocycles. The van der Waals surface area contributed by atoms with Crippen molar-refractivity contribution in [1.29, 1.82) is 0 Å². The highest BCUT2D eigenvalue weighted by Gasteiger charge is 2.34. The van der Waals surface area contributed by atoms with Crippen molar-refractivity contribution in [3.8, 4) is 23.0 Å². The van der Waals surface area contributed by atoms with Crippen molar-refractivity contribution in [3.05, 3.63) is 111 Å². The second-order valence-corrected chi connectivity index (χ2v) is 13.5. The Morgan fingerprint density at radius 1 is 0.920 bits per heavy atom. The molecule has 0 spiro atoms. The van der Waals surface area contributed by atoms with Crippen LogP contribution in [0.5, 0.6) is 23.0 Å². The summed E-state index contributed by atoms with van der Waals surface area (Å²) < 4.78 is 36.8. The van der Waals surface area contributed by atoms with E-state index in [1.54, 1.807) is 57.4 Å². The number of aromatic nitrogens is 1. The molecule has 0 saturated heterocycles. The predicted octanol–water partition coefficient (Wildman–Crippen LogP) is 5.86. The van der Waals surface area contributed by atoms with Crippen LogP contribution >= 0.6 is 43.2 Å². The molecule has 0 bridgehead atoms. The van der Waals surface area contributed by atoms with Crippen LogP contribution in [0.3, 0.4) is 0 Å². The number of halogens is 2.